The van der Waals surface area contributed by atoms with Crippen LogP contribution >= 0.6 is 11.6 Å². The summed E-state index contributed by atoms with van der Waals surface area (Å²) >= 11 is 5.87. The van der Waals surface area contributed by atoms with Gasteiger partial charge in [-0.3, -0.25) is 4.79 Å². The highest BCUT2D eigenvalue weighted by Gasteiger charge is 2.33. The van der Waals surface area contributed by atoms with Crippen molar-refractivity contribution in [2.45, 2.75) is 24.3 Å². The molecule has 0 spiro atoms. The molecule has 0 bridgehead atoms. The van der Waals surface area contributed by atoms with Crippen molar-refractivity contribution in [3.05, 3.63) is 53.1 Å². The maximum absolute atomic E-state index is 12.6. The summed E-state index contributed by atoms with van der Waals surface area (Å²) in [5.74, 6) is 0.486. The van der Waals surface area contributed by atoms with E-state index in [9.17, 15) is 13.2 Å². The molecule has 1 N–H and O–H groups in total. The number of methoxy groups -OCH3 is 1. The lowest BCUT2D eigenvalue weighted by atomic mass is 10.2. The lowest BCUT2D eigenvalue weighted by Crippen LogP contribution is -2.37. The number of aryl methyl sites for hydroxylation is 1. The SMILES string of the molecule is COc1ccc(S(=O)(=O)N[C@H]2CC(=O)N(c3ccc(Cl)cc3)C2)cc1C. The second kappa shape index (κ2) is 7.26. The maximum Gasteiger partial charge on any atom is 0.240 e. The van der Waals surface area contributed by atoms with E-state index in [1.165, 1.54) is 13.2 Å². The number of hydrogen-bond donors (Lipinski definition) is 1. The van der Waals surface area contributed by atoms with Gasteiger partial charge in [0.2, 0.25) is 15.9 Å². The fraction of sp³-hybridized carbons (Fsp3) is 0.278. The predicted octanol–water partition coefficient (Wildman–Crippen LogP) is 2.74. The number of carbonyl (C=O) groups is 1. The van der Waals surface area contributed by atoms with Gasteiger partial charge in [0.15, 0.2) is 0 Å². The molecule has 0 aliphatic carbocycles. The minimum Gasteiger partial charge on any atom is -0.496 e. The fourth-order valence-electron chi connectivity index (χ4n) is 2.96. The molecule has 1 aliphatic rings. The Kier molecular flexibility index (Phi) is 5.22. The van der Waals surface area contributed by atoms with Crippen molar-refractivity contribution >= 4 is 33.2 Å². The van der Waals surface area contributed by atoms with Gasteiger partial charge < -0.3 is 9.64 Å². The van der Waals surface area contributed by atoms with Gasteiger partial charge in [0.05, 0.1) is 12.0 Å². The van der Waals surface area contributed by atoms with Crippen molar-refractivity contribution in [1.82, 2.24) is 4.72 Å². The van der Waals surface area contributed by atoms with E-state index in [4.69, 9.17) is 16.3 Å². The average Bonchev–Trinajstić information content (AvgIpc) is 2.95. The number of anilines is 1. The minimum atomic E-state index is -3.73. The lowest BCUT2D eigenvalue weighted by molar-refractivity contribution is -0.117. The Morgan fingerprint density at radius 3 is 2.50 bits per heavy atom. The summed E-state index contributed by atoms with van der Waals surface area (Å²) in [4.78, 5) is 14.0. The molecule has 2 aromatic rings. The lowest BCUT2D eigenvalue weighted by Gasteiger charge is -2.17. The zero-order chi connectivity index (χ0) is 18.9. The van der Waals surface area contributed by atoms with Gasteiger partial charge in [-0.2, -0.15) is 0 Å². The largest absolute Gasteiger partial charge is 0.496 e. The van der Waals surface area contributed by atoms with Gasteiger partial charge in [0, 0.05) is 29.7 Å². The van der Waals surface area contributed by atoms with Gasteiger partial charge in [0.25, 0.3) is 0 Å². The molecule has 8 heteroatoms. The molecule has 1 amide bonds. The van der Waals surface area contributed by atoms with Crippen molar-refractivity contribution in [2.75, 3.05) is 18.6 Å². The number of rotatable bonds is 5. The van der Waals surface area contributed by atoms with Crippen LogP contribution in [0, 0.1) is 6.92 Å². The van der Waals surface area contributed by atoms with E-state index >= 15 is 0 Å². The number of carbonyl (C=O) groups excluding carboxylic acids is 1. The first kappa shape index (κ1) is 18.7. The summed E-state index contributed by atoms with van der Waals surface area (Å²) in [6, 6.07) is 11.0. The first-order valence-corrected chi connectivity index (χ1v) is 9.89. The van der Waals surface area contributed by atoms with Crippen molar-refractivity contribution in [3.63, 3.8) is 0 Å². The monoisotopic (exact) mass is 394 g/mol. The van der Waals surface area contributed by atoms with Crippen molar-refractivity contribution in [3.8, 4) is 5.75 Å². The van der Waals surface area contributed by atoms with Crippen molar-refractivity contribution in [2.24, 2.45) is 0 Å². The van der Waals surface area contributed by atoms with Crippen LogP contribution in [-0.4, -0.2) is 34.0 Å². The van der Waals surface area contributed by atoms with Crippen LogP contribution < -0.4 is 14.4 Å². The van der Waals surface area contributed by atoms with Crippen LogP contribution in [-0.2, 0) is 14.8 Å². The Balaban J connectivity index is 1.75. The summed E-state index contributed by atoms with van der Waals surface area (Å²) in [6.07, 6.45) is 0.108. The van der Waals surface area contributed by atoms with E-state index in [-0.39, 0.29) is 23.8 Å². The van der Waals surface area contributed by atoms with E-state index in [0.29, 0.717) is 16.5 Å². The second-order valence-electron chi connectivity index (χ2n) is 6.13. The van der Waals surface area contributed by atoms with Crippen LogP contribution in [0.4, 0.5) is 5.69 Å². The molecule has 138 valence electrons. The molecule has 0 unspecified atom stereocenters. The molecule has 1 heterocycles. The summed E-state index contributed by atoms with van der Waals surface area (Å²) < 4.78 is 33.0. The van der Waals surface area contributed by atoms with Gasteiger partial charge in [-0.15, -0.1) is 0 Å². The maximum atomic E-state index is 12.6. The van der Waals surface area contributed by atoms with Crippen LogP contribution in [0.2, 0.25) is 5.02 Å². The Labute approximate surface area is 157 Å². The number of nitrogens with one attached hydrogen (secondary N) is 1. The number of benzene rings is 2. The second-order valence-corrected chi connectivity index (χ2v) is 8.28. The molecule has 6 nitrogen and oxygen atoms in total. The molecular formula is C18H19ClN2O4S. The smallest absolute Gasteiger partial charge is 0.240 e. The molecule has 1 aliphatic heterocycles. The molecule has 26 heavy (non-hydrogen) atoms. The average molecular weight is 395 g/mol. The first-order valence-electron chi connectivity index (χ1n) is 8.03. The van der Waals surface area contributed by atoms with Gasteiger partial charge in [-0.05, 0) is 55.0 Å². The number of nitrogens with zero attached hydrogens (tertiary/aromatic N) is 1. The predicted molar refractivity (Wildman–Crippen MR) is 100 cm³/mol. The zero-order valence-corrected chi connectivity index (χ0v) is 16.0. The van der Waals surface area contributed by atoms with Crippen LogP contribution in [0.3, 0.4) is 0 Å². The molecule has 1 fully saturated rings. The minimum absolute atomic E-state index is 0.108. The van der Waals surface area contributed by atoms with Crippen LogP contribution in [0.15, 0.2) is 47.4 Å². The normalized spacial score (nSPS) is 17.6. The molecule has 2 aromatic carbocycles. The van der Waals surface area contributed by atoms with Gasteiger partial charge in [-0.1, -0.05) is 11.6 Å². The quantitative estimate of drug-likeness (QED) is 0.846. The number of sulfonamides is 1. The molecule has 3 rings (SSSR count). The van der Waals surface area contributed by atoms with Crippen molar-refractivity contribution in [1.29, 1.82) is 0 Å². The summed E-state index contributed by atoms with van der Waals surface area (Å²) in [5, 5.41) is 0.576. The number of ether oxygens (including phenoxy) is 1. The van der Waals surface area contributed by atoms with E-state index < -0.39 is 16.1 Å². The van der Waals surface area contributed by atoms with Crippen LogP contribution in [0.1, 0.15) is 12.0 Å². The van der Waals surface area contributed by atoms with Gasteiger partial charge >= 0.3 is 0 Å². The fourth-order valence-corrected chi connectivity index (χ4v) is 4.40. The molecule has 0 radical (unpaired) electrons. The van der Waals surface area contributed by atoms with Crippen LogP contribution in [0.5, 0.6) is 5.75 Å². The molecule has 1 saturated heterocycles. The molecule has 0 aromatic heterocycles. The van der Waals surface area contributed by atoms with E-state index in [1.807, 2.05) is 0 Å². The van der Waals surface area contributed by atoms with Crippen molar-refractivity contribution < 1.29 is 17.9 Å². The summed E-state index contributed by atoms with van der Waals surface area (Å²) in [6.45, 7) is 2.05. The molecular weight excluding hydrogens is 376 g/mol. The Morgan fingerprint density at radius 1 is 1.19 bits per heavy atom. The molecule has 0 saturated carbocycles. The van der Waals surface area contributed by atoms with E-state index in [0.717, 1.165) is 5.56 Å². The summed E-state index contributed by atoms with van der Waals surface area (Å²) in [5.41, 5.74) is 1.42. The Bertz CT molecular complexity index is 929. The number of halogens is 1. The summed E-state index contributed by atoms with van der Waals surface area (Å²) in [7, 11) is -2.20. The molecule has 1 atom stereocenters. The van der Waals surface area contributed by atoms with E-state index in [1.54, 1.807) is 48.2 Å². The number of hydrogen-bond acceptors (Lipinski definition) is 4. The van der Waals surface area contributed by atoms with Crippen LogP contribution in [0.25, 0.3) is 0 Å². The standard InChI is InChI=1S/C18H19ClN2O4S/c1-12-9-16(7-8-17(12)25-2)26(23,24)20-14-10-18(22)21(11-14)15-5-3-13(19)4-6-15/h3-9,14,20H,10-11H2,1-2H3/t14-/m0/s1. The van der Waals surface area contributed by atoms with E-state index in [2.05, 4.69) is 4.72 Å². The third kappa shape index (κ3) is 3.85. The Morgan fingerprint density at radius 2 is 1.88 bits per heavy atom. The van der Waals surface area contributed by atoms with Gasteiger partial charge in [0.1, 0.15) is 5.75 Å². The highest BCUT2D eigenvalue weighted by Crippen LogP contribution is 2.25. The topological polar surface area (TPSA) is 75.7 Å². The third-order valence-corrected chi connectivity index (χ3v) is 6.03. The third-order valence-electron chi connectivity index (χ3n) is 4.26. The zero-order valence-electron chi connectivity index (χ0n) is 14.4. The Hall–Kier alpha value is -2.09. The first-order chi connectivity index (χ1) is 12.3. The highest BCUT2D eigenvalue weighted by atomic mass is 35.5. The van der Waals surface area contributed by atoms with Gasteiger partial charge in [-0.25, -0.2) is 13.1 Å². The number of amides is 1. The highest BCUT2D eigenvalue weighted by molar-refractivity contribution is 7.89.